The van der Waals surface area contributed by atoms with Gasteiger partial charge in [0.15, 0.2) is 0 Å². The fourth-order valence-corrected chi connectivity index (χ4v) is 2.16. The van der Waals surface area contributed by atoms with Crippen molar-refractivity contribution in [2.45, 2.75) is 53.0 Å². The van der Waals surface area contributed by atoms with Crippen LogP contribution in [0.5, 0.6) is 0 Å². The van der Waals surface area contributed by atoms with Crippen LogP contribution < -0.4 is 10.6 Å². The monoisotopic (exact) mass is 262 g/mol. The lowest BCUT2D eigenvalue weighted by Gasteiger charge is -2.15. The number of benzene rings is 1. The van der Waals surface area contributed by atoms with Crippen LogP contribution in [0.25, 0.3) is 0 Å². The number of anilines is 1. The van der Waals surface area contributed by atoms with Gasteiger partial charge in [-0.05, 0) is 37.8 Å². The van der Waals surface area contributed by atoms with Crippen molar-refractivity contribution in [2.75, 3.05) is 11.9 Å². The van der Waals surface area contributed by atoms with Gasteiger partial charge in [-0.3, -0.25) is 4.79 Å². The molecule has 0 saturated heterocycles. The molecule has 0 atom stereocenters. The number of nitrogens with one attached hydrogen (secondary N) is 2. The summed E-state index contributed by atoms with van der Waals surface area (Å²) in [5.41, 5.74) is 3.86. The second-order valence-corrected chi connectivity index (χ2v) is 5.06. The molecular formula is C16H26N2O. The van der Waals surface area contributed by atoms with Crippen molar-refractivity contribution in [3.8, 4) is 0 Å². The number of hydrogen-bond acceptors (Lipinski definition) is 2. The van der Waals surface area contributed by atoms with Gasteiger partial charge in [-0.1, -0.05) is 32.0 Å². The third-order valence-corrected chi connectivity index (χ3v) is 3.10. The van der Waals surface area contributed by atoms with E-state index in [0.717, 1.165) is 12.8 Å². The van der Waals surface area contributed by atoms with E-state index in [-0.39, 0.29) is 11.9 Å². The first-order chi connectivity index (χ1) is 9.08. The molecule has 1 rings (SSSR count). The molecule has 1 aromatic carbocycles. The zero-order chi connectivity index (χ0) is 14.3. The smallest absolute Gasteiger partial charge is 0.221 e. The fourth-order valence-electron chi connectivity index (χ4n) is 2.16. The second kappa shape index (κ2) is 7.82. The molecule has 0 aromatic heterocycles. The maximum absolute atomic E-state index is 11.6. The Bertz CT molecular complexity index is 391. The minimum absolute atomic E-state index is 0.106. The first kappa shape index (κ1) is 15.5. The molecule has 0 bridgehead atoms. The normalized spacial score (nSPS) is 10.6. The topological polar surface area (TPSA) is 41.1 Å². The largest absolute Gasteiger partial charge is 0.384 e. The average Bonchev–Trinajstić information content (AvgIpc) is 2.37. The van der Waals surface area contributed by atoms with Crippen molar-refractivity contribution in [2.24, 2.45) is 0 Å². The van der Waals surface area contributed by atoms with E-state index in [0.29, 0.717) is 13.0 Å². The van der Waals surface area contributed by atoms with Gasteiger partial charge in [-0.15, -0.1) is 0 Å². The lowest BCUT2D eigenvalue weighted by Crippen LogP contribution is -2.31. The Balaban J connectivity index is 2.59. The molecule has 0 unspecified atom stereocenters. The van der Waals surface area contributed by atoms with Crippen LogP contribution in [-0.4, -0.2) is 18.5 Å². The van der Waals surface area contributed by atoms with Crippen molar-refractivity contribution in [3.05, 3.63) is 29.3 Å². The standard InChI is InChI=1S/C16H26N2O/c1-5-13-8-7-9-14(6-2)16(13)17-11-10-15(19)18-12(3)4/h7-9,12,17H,5-6,10-11H2,1-4H3,(H,18,19). The Morgan fingerprint density at radius 3 is 2.21 bits per heavy atom. The minimum Gasteiger partial charge on any atom is -0.384 e. The first-order valence-electron chi connectivity index (χ1n) is 7.22. The van der Waals surface area contributed by atoms with Crippen molar-refractivity contribution in [3.63, 3.8) is 0 Å². The van der Waals surface area contributed by atoms with Crippen LogP contribution in [-0.2, 0) is 17.6 Å². The highest BCUT2D eigenvalue weighted by Crippen LogP contribution is 2.22. The molecular weight excluding hydrogens is 236 g/mol. The predicted octanol–water partition coefficient (Wildman–Crippen LogP) is 3.14. The van der Waals surface area contributed by atoms with E-state index < -0.39 is 0 Å². The summed E-state index contributed by atoms with van der Waals surface area (Å²) in [7, 11) is 0. The molecule has 2 N–H and O–H groups in total. The summed E-state index contributed by atoms with van der Waals surface area (Å²) < 4.78 is 0. The first-order valence-corrected chi connectivity index (χ1v) is 7.22. The predicted molar refractivity (Wildman–Crippen MR) is 81.6 cm³/mol. The van der Waals surface area contributed by atoms with Gasteiger partial charge < -0.3 is 10.6 Å². The highest BCUT2D eigenvalue weighted by molar-refractivity contribution is 5.76. The van der Waals surface area contributed by atoms with Crippen molar-refractivity contribution >= 4 is 11.6 Å². The summed E-state index contributed by atoms with van der Waals surface area (Å²) in [5.74, 6) is 0.106. The molecule has 0 radical (unpaired) electrons. The zero-order valence-electron chi connectivity index (χ0n) is 12.5. The Hall–Kier alpha value is -1.51. The third kappa shape index (κ3) is 4.93. The lowest BCUT2D eigenvalue weighted by atomic mass is 10.0. The summed E-state index contributed by atoms with van der Waals surface area (Å²) >= 11 is 0. The Morgan fingerprint density at radius 1 is 1.16 bits per heavy atom. The lowest BCUT2D eigenvalue weighted by molar-refractivity contribution is -0.121. The van der Waals surface area contributed by atoms with Gasteiger partial charge in [0.2, 0.25) is 5.91 Å². The zero-order valence-corrected chi connectivity index (χ0v) is 12.5. The number of carbonyl (C=O) groups is 1. The molecule has 0 fully saturated rings. The fraction of sp³-hybridized carbons (Fsp3) is 0.562. The van der Waals surface area contributed by atoms with Gasteiger partial charge in [0, 0.05) is 24.7 Å². The molecule has 0 aliphatic heterocycles. The average molecular weight is 262 g/mol. The molecule has 0 saturated carbocycles. The summed E-state index contributed by atoms with van der Waals surface area (Å²) in [6, 6.07) is 6.61. The van der Waals surface area contributed by atoms with Crippen LogP contribution >= 0.6 is 0 Å². The van der Waals surface area contributed by atoms with Gasteiger partial charge in [-0.2, -0.15) is 0 Å². The van der Waals surface area contributed by atoms with Crippen LogP contribution in [0.4, 0.5) is 5.69 Å². The molecule has 3 heteroatoms. The van der Waals surface area contributed by atoms with Gasteiger partial charge in [0.25, 0.3) is 0 Å². The van der Waals surface area contributed by atoms with Gasteiger partial charge >= 0.3 is 0 Å². The van der Waals surface area contributed by atoms with E-state index in [1.54, 1.807) is 0 Å². The number of aryl methyl sites for hydroxylation is 2. The van der Waals surface area contributed by atoms with Crippen LogP contribution in [0.2, 0.25) is 0 Å². The van der Waals surface area contributed by atoms with Crippen LogP contribution in [0, 0.1) is 0 Å². The van der Waals surface area contributed by atoms with Crippen molar-refractivity contribution in [1.29, 1.82) is 0 Å². The van der Waals surface area contributed by atoms with E-state index in [2.05, 4.69) is 42.7 Å². The van der Waals surface area contributed by atoms with Gasteiger partial charge in [0.1, 0.15) is 0 Å². The second-order valence-electron chi connectivity index (χ2n) is 5.06. The van der Waals surface area contributed by atoms with Crippen molar-refractivity contribution < 1.29 is 4.79 Å². The molecule has 0 aliphatic rings. The summed E-state index contributed by atoms with van der Waals surface area (Å²) in [6.45, 7) is 8.96. The Labute approximate surface area is 116 Å². The molecule has 19 heavy (non-hydrogen) atoms. The molecule has 3 nitrogen and oxygen atoms in total. The summed E-state index contributed by atoms with van der Waals surface area (Å²) in [4.78, 5) is 11.6. The summed E-state index contributed by atoms with van der Waals surface area (Å²) in [5, 5.41) is 6.33. The maximum Gasteiger partial charge on any atom is 0.221 e. The highest BCUT2D eigenvalue weighted by Gasteiger charge is 2.07. The highest BCUT2D eigenvalue weighted by atomic mass is 16.1. The van der Waals surface area contributed by atoms with Gasteiger partial charge in [-0.25, -0.2) is 0 Å². The molecule has 1 aromatic rings. The number of hydrogen-bond donors (Lipinski definition) is 2. The van der Waals surface area contributed by atoms with E-state index in [9.17, 15) is 4.79 Å². The summed E-state index contributed by atoms with van der Waals surface area (Å²) in [6.07, 6.45) is 2.53. The maximum atomic E-state index is 11.6. The van der Waals surface area contributed by atoms with E-state index in [1.807, 2.05) is 13.8 Å². The molecule has 1 amide bonds. The van der Waals surface area contributed by atoms with E-state index in [4.69, 9.17) is 0 Å². The number of carbonyl (C=O) groups excluding carboxylic acids is 1. The number of para-hydroxylation sites is 1. The number of amides is 1. The third-order valence-electron chi connectivity index (χ3n) is 3.10. The Morgan fingerprint density at radius 2 is 1.74 bits per heavy atom. The quantitative estimate of drug-likeness (QED) is 0.792. The van der Waals surface area contributed by atoms with Crippen LogP contribution in [0.3, 0.4) is 0 Å². The minimum atomic E-state index is 0.106. The van der Waals surface area contributed by atoms with E-state index >= 15 is 0 Å². The molecule has 0 spiro atoms. The molecule has 0 heterocycles. The van der Waals surface area contributed by atoms with Crippen LogP contribution in [0.1, 0.15) is 45.2 Å². The Kier molecular flexibility index (Phi) is 6.40. The SMILES string of the molecule is CCc1cccc(CC)c1NCCC(=O)NC(C)C. The molecule has 0 aliphatic carbocycles. The van der Waals surface area contributed by atoms with Crippen LogP contribution in [0.15, 0.2) is 18.2 Å². The van der Waals surface area contributed by atoms with E-state index in [1.165, 1.54) is 16.8 Å². The van der Waals surface area contributed by atoms with Gasteiger partial charge in [0.05, 0.1) is 0 Å². The molecule has 106 valence electrons. The van der Waals surface area contributed by atoms with Crippen molar-refractivity contribution in [1.82, 2.24) is 5.32 Å². The number of rotatable bonds is 7.